The molecule has 6 heteroatoms. The normalized spacial score (nSPS) is 15.7. The van der Waals surface area contributed by atoms with Gasteiger partial charge in [0.25, 0.3) is 5.91 Å². The summed E-state index contributed by atoms with van der Waals surface area (Å²) >= 11 is 0. The topological polar surface area (TPSA) is 57.9 Å². The smallest absolute Gasteiger partial charge is 0.272 e. The summed E-state index contributed by atoms with van der Waals surface area (Å²) < 4.78 is 1.88. The summed E-state index contributed by atoms with van der Waals surface area (Å²) in [5.41, 5.74) is 1.43. The van der Waals surface area contributed by atoms with Gasteiger partial charge in [-0.25, -0.2) is 4.98 Å². The number of hydrogen-bond donors (Lipinski definition) is 0. The largest absolute Gasteiger partial charge is 0.343 e. The molecule has 1 aliphatic rings. The van der Waals surface area contributed by atoms with Crippen LogP contribution in [0.2, 0.25) is 0 Å². The molecule has 3 heterocycles. The SMILES string of the molecule is CCN(CC)C(=O)C1CCN(C(=O)c2cc3cccn3cn2)CC1. The van der Waals surface area contributed by atoms with Crippen molar-refractivity contribution in [1.29, 1.82) is 0 Å². The van der Waals surface area contributed by atoms with Crippen molar-refractivity contribution in [2.24, 2.45) is 5.92 Å². The fourth-order valence-corrected chi connectivity index (χ4v) is 3.34. The van der Waals surface area contributed by atoms with Gasteiger partial charge in [-0.3, -0.25) is 9.59 Å². The van der Waals surface area contributed by atoms with Gasteiger partial charge in [0, 0.05) is 43.8 Å². The number of aromatic nitrogens is 2. The number of amides is 2. The number of likely N-dealkylation sites (tertiary alicyclic amines) is 1. The van der Waals surface area contributed by atoms with Crippen LogP contribution in [-0.4, -0.2) is 57.2 Å². The van der Waals surface area contributed by atoms with Gasteiger partial charge in [-0.05, 0) is 44.9 Å². The minimum absolute atomic E-state index is 0.0371. The van der Waals surface area contributed by atoms with Crippen LogP contribution >= 0.6 is 0 Å². The second kappa shape index (κ2) is 7.03. The molecule has 0 aliphatic carbocycles. The molecule has 1 saturated heterocycles. The lowest BCUT2D eigenvalue weighted by molar-refractivity contribution is -0.136. The van der Waals surface area contributed by atoms with Crippen molar-refractivity contribution < 1.29 is 9.59 Å². The van der Waals surface area contributed by atoms with Crippen molar-refractivity contribution in [2.45, 2.75) is 26.7 Å². The van der Waals surface area contributed by atoms with Gasteiger partial charge in [0.05, 0.1) is 6.33 Å². The predicted octanol–water partition coefficient (Wildman–Crippen LogP) is 2.05. The van der Waals surface area contributed by atoms with E-state index in [-0.39, 0.29) is 17.7 Å². The average molecular weight is 328 g/mol. The minimum Gasteiger partial charge on any atom is -0.343 e. The maximum atomic E-state index is 12.6. The lowest BCUT2D eigenvalue weighted by Crippen LogP contribution is -2.44. The standard InChI is InChI=1S/C18H24N4O2/c1-3-20(4-2)17(23)14-7-10-21(11-8-14)18(24)16-12-15-6-5-9-22(15)13-19-16/h5-6,9,12-14H,3-4,7-8,10-11H2,1-2H3. The summed E-state index contributed by atoms with van der Waals surface area (Å²) in [5, 5.41) is 0. The van der Waals surface area contributed by atoms with Gasteiger partial charge < -0.3 is 14.2 Å². The van der Waals surface area contributed by atoms with E-state index < -0.39 is 0 Å². The third kappa shape index (κ3) is 3.13. The fraction of sp³-hybridized carbons (Fsp3) is 0.500. The fourth-order valence-electron chi connectivity index (χ4n) is 3.34. The number of hydrogen-bond acceptors (Lipinski definition) is 3. The molecular weight excluding hydrogens is 304 g/mol. The summed E-state index contributed by atoms with van der Waals surface area (Å²) in [5.74, 6) is 0.210. The third-order valence-electron chi connectivity index (χ3n) is 4.84. The lowest BCUT2D eigenvalue weighted by Gasteiger charge is -2.33. The predicted molar refractivity (Wildman–Crippen MR) is 91.7 cm³/mol. The molecular formula is C18H24N4O2. The Morgan fingerprint density at radius 3 is 2.62 bits per heavy atom. The van der Waals surface area contributed by atoms with Crippen LogP contribution in [-0.2, 0) is 4.79 Å². The summed E-state index contributed by atoms with van der Waals surface area (Å²) in [7, 11) is 0. The van der Waals surface area contributed by atoms with Crippen LogP contribution in [0.1, 0.15) is 37.2 Å². The molecule has 1 aliphatic heterocycles. The number of rotatable bonds is 4. The van der Waals surface area contributed by atoms with Crippen molar-refractivity contribution in [3.63, 3.8) is 0 Å². The maximum absolute atomic E-state index is 12.6. The van der Waals surface area contributed by atoms with Crippen molar-refractivity contribution >= 4 is 17.3 Å². The highest BCUT2D eigenvalue weighted by molar-refractivity contribution is 5.93. The first kappa shape index (κ1) is 16.5. The summed E-state index contributed by atoms with van der Waals surface area (Å²) in [6, 6.07) is 5.69. The van der Waals surface area contributed by atoms with E-state index in [1.165, 1.54) is 0 Å². The monoisotopic (exact) mass is 328 g/mol. The minimum atomic E-state index is -0.0487. The highest BCUT2D eigenvalue weighted by Crippen LogP contribution is 2.21. The highest BCUT2D eigenvalue weighted by Gasteiger charge is 2.30. The van der Waals surface area contributed by atoms with Gasteiger partial charge in [-0.15, -0.1) is 0 Å². The molecule has 2 amide bonds. The zero-order valence-corrected chi connectivity index (χ0v) is 14.3. The average Bonchev–Trinajstić information content (AvgIpc) is 3.10. The Labute approximate surface area is 142 Å². The molecule has 0 bridgehead atoms. The van der Waals surface area contributed by atoms with Crippen LogP contribution < -0.4 is 0 Å². The molecule has 24 heavy (non-hydrogen) atoms. The van der Waals surface area contributed by atoms with E-state index in [9.17, 15) is 9.59 Å². The van der Waals surface area contributed by atoms with Crippen LogP contribution in [0, 0.1) is 5.92 Å². The van der Waals surface area contributed by atoms with Crippen LogP contribution in [0.15, 0.2) is 30.7 Å². The number of carbonyl (C=O) groups excluding carboxylic acids is 2. The second-order valence-corrected chi connectivity index (χ2v) is 6.19. The van der Waals surface area contributed by atoms with Crippen LogP contribution in [0.5, 0.6) is 0 Å². The Bertz CT molecular complexity index is 727. The van der Waals surface area contributed by atoms with Gasteiger partial charge in [0.15, 0.2) is 0 Å². The molecule has 0 atom stereocenters. The Morgan fingerprint density at radius 2 is 1.96 bits per heavy atom. The van der Waals surface area contributed by atoms with E-state index in [1.54, 1.807) is 6.33 Å². The molecule has 2 aromatic heterocycles. The van der Waals surface area contributed by atoms with E-state index >= 15 is 0 Å². The van der Waals surface area contributed by atoms with Gasteiger partial charge in [-0.1, -0.05) is 0 Å². The van der Waals surface area contributed by atoms with Crippen LogP contribution in [0.3, 0.4) is 0 Å². The van der Waals surface area contributed by atoms with Crippen LogP contribution in [0.25, 0.3) is 5.52 Å². The van der Waals surface area contributed by atoms with E-state index in [4.69, 9.17) is 0 Å². The molecule has 2 aromatic rings. The van der Waals surface area contributed by atoms with Gasteiger partial charge >= 0.3 is 0 Å². The molecule has 3 rings (SSSR count). The quantitative estimate of drug-likeness (QED) is 0.863. The number of nitrogens with zero attached hydrogens (tertiary/aromatic N) is 4. The summed E-state index contributed by atoms with van der Waals surface area (Å²) in [6.45, 7) is 6.73. The summed E-state index contributed by atoms with van der Waals surface area (Å²) in [6.07, 6.45) is 5.03. The molecule has 0 radical (unpaired) electrons. The number of fused-ring (bicyclic) bond motifs is 1. The van der Waals surface area contributed by atoms with Crippen molar-refractivity contribution in [2.75, 3.05) is 26.2 Å². The molecule has 0 unspecified atom stereocenters. The third-order valence-corrected chi connectivity index (χ3v) is 4.84. The molecule has 128 valence electrons. The van der Waals surface area contributed by atoms with Crippen LogP contribution in [0.4, 0.5) is 0 Å². The number of piperidine rings is 1. The molecule has 6 nitrogen and oxygen atoms in total. The molecule has 0 saturated carbocycles. The lowest BCUT2D eigenvalue weighted by atomic mass is 9.95. The maximum Gasteiger partial charge on any atom is 0.272 e. The van der Waals surface area contributed by atoms with Crippen molar-refractivity contribution in [1.82, 2.24) is 19.2 Å². The Hall–Kier alpha value is -2.37. The summed E-state index contributed by atoms with van der Waals surface area (Å²) in [4.78, 5) is 33.0. The highest BCUT2D eigenvalue weighted by atomic mass is 16.2. The van der Waals surface area contributed by atoms with Gasteiger partial charge in [-0.2, -0.15) is 0 Å². The Kier molecular flexibility index (Phi) is 4.83. The Balaban J connectivity index is 1.63. The zero-order valence-electron chi connectivity index (χ0n) is 14.3. The van der Waals surface area contributed by atoms with Crippen molar-refractivity contribution in [3.8, 4) is 0 Å². The van der Waals surface area contributed by atoms with Crippen molar-refractivity contribution in [3.05, 3.63) is 36.4 Å². The van der Waals surface area contributed by atoms with E-state index in [0.717, 1.165) is 31.4 Å². The molecule has 1 fully saturated rings. The zero-order chi connectivity index (χ0) is 17.1. The second-order valence-electron chi connectivity index (χ2n) is 6.19. The van der Waals surface area contributed by atoms with Gasteiger partial charge in [0.2, 0.25) is 5.91 Å². The van der Waals surface area contributed by atoms with E-state index in [2.05, 4.69) is 4.98 Å². The molecule has 0 spiro atoms. The first-order valence-electron chi connectivity index (χ1n) is 8.64. The Morgan fingerprint density at radius 1 is 1.25 bits per heavy atom. The first-order chi connectivity index (χ1) is 11.6. The van der Waals surface area contributed by atoms with E-state index in [0.29, 0.717) is 18.8 Å². The van der Waals surface area contributed by atoms with Gasteiger partial charge in [0.1, 0.15) is 5.69 Å². The first-order valence-corrected chi connectivity index (χ1v) is 8.64. The molecule has 0 aromatic carbocycles. The van der Waals surface area contributed by atoms with E-state index in [1.807, 2.05) is 52.4 Å². The number of carbonyl (C=O) groups is 2. The molecule has 0 N–H and O–H groups in total.